The molecular formula is C4H5FO3S. The fourth-order valence-electron chi connectivity index (χ4n) is 0.492. The van der Waals surface area contributed by atoms with E-state index < -0.39 is 22.0 Å². The van der Waals surface area contributed by atoms with Crippen LogP contribution in [0.1, 0.15) is 0 Å². The molecule has 0 N–H and O–H groups in total. The molecule has 0 aliphatic carbocycles. The quantitative estimate of drug-likeness (QED) is 0.465. The molecule has 0 bridgehead atoms. The molecule has 0 spiro atoms. The van der Waals surface area contributed by atoms with Crippen molar-refractivity contribution in [1.29, 1.82) is 0 Å². The molecule has 3 nitrogen and oxygen atoms in total. The van der Waals surface area contributed by atoms with Gasteiger partial charge in [0.2, 0.25) is 0 Å². The van der Waals surface area contributed by atoms with Crippen molar-refractivity contribution < 1.29 is 17.0 Å². The lowest BCUT2D eigenvalue weighted by Crippen LogP contribution is -2.19. The smallest absolute Gasteiger partial charge is 0.311 e. The number of hydrogen-bond donors (Lipinski definition) is 0. The predicted octanol–water partition coefficient (Wildman–Crippen LogP) is 0.198. The van der Waals surface area contributed by atoms with Gasteiger partial charge in [0.1, 0.15) is 18.2 Å². The summed E-state index contributed by atoms with van der Waals surface area (Å²) < 4.78 is 36.9. The number of rotatable bonds is 0. The first-order chi connectivity index (χ1) is 4.10. The van der Waals surface area contributed by atoms with Crippen LogP contribution in [0.4, 0.5) is 4.39 Å². The zero-order valence-corrected chi connectivity index (χ0v) is 5.27. The second kappa shape index (κ2) is 1.98. The molecule has 0 radical (unpaired) electrons. The standard InChI is InChI=1S/C4H5FO3S/c5-4-1-2-8-9(6,7)3-4/h1-2,4H,3H2. The Morgan fingerprint density at radius 2 is 2.33 bits per heavy atom. The van der Waals surface area contributed by atoms with Crippen molar-refractivity contribution in [2.75, 3.05) is 5.75 Å². The number of halogens is 1. The van der Waals surface area contributed by atoms with Crippen LogP contribution in [0, 0.1) is 0 Å². The molecule has 1 heterocycles. The summed E-state index contributed by atoms with van der Waals surface area (Å²) in [5.74, 6) is -0.566. The van der Waals surface area contributed by atoms with E-state index in [0.29, 0.717) is 0 Å². The van der Waals surface area contributed by atoms with E-state index in [1.165, 1.54) is 0 Å². The Morgan fingerprint density at radius 1 is 1.67 bits per heavy atom. The Balaban J connectivity index is 2.81. The maximum absolute atomic E-state index is 12.1. The molecule has 1 aliphatic heterocycles. The van der Waals surface area contributed by atoms with Gasteiger partial charge in [-0.3, -0.25) is 0 Å². The van der Waals surface area contributed by atoms with E-state index >= 15 is 0 Å². The molecule has 1 aliphatic rings. The molecule has 1 rings (SSSR count). The molecule has 52 valence electrons. The lowest BCUT2D eigenvalue weighted by molar-refractivity contribution is 0.369. The van der Waals surface area contributed by atoms with E-state index in [1.54, 1.807) is 0 Å². The van der Waals surface area contributed by atoms with Gasteiger partial charge in [0.25, 0.3) is 0 Å². The third-order valence-corrected chi connectivity index (χ3v) is 1.98. The normalized spacial score (nSPS) is 31.4. The van der Waals surface area contributed by atoms with Gasteiger partial charge in [-0.05, 0) is 6.08 Å². The van der Waals surface area contributed by atoms with E-state index in [0.717, 1.165) is 12.3 Å². The highest BCUT2D eigenvalue weighted by atomic mass is 32.2. The lowest BCUT2D eigenvalue weighted by atomic mass is 10.4. The van der Waals surface area contributed by atoms with E-state index in [9.17, 15) is 12.8 Å². The maximum Gasteiger partial charge on any atom is 0.311 e. The van der Waals surface area contributed by atoms with Gasteiger partial charge in [-0.25, -0.2) is 4.39 Å². The van der Waals surface area contributed by atoms with Crippen molar-refractivity contribution >= 4 is 10.1 Å². The highest BCUT2D eigenvalue weighted by Gasteiger charge is 2.20. The summed E-state index contributed by atoms with van der Waals surface area (Å²) in [6.45, 7) is 0. The molecule has 9 heavy (non-hydrogen) atoms. The second-order valence-electron chi connectivity index (χ2n) is 1.67. The number of hydrogen-bond acceptors (Lipinski definition) is 3. The van der Waals surface area contributed by atoms with Crippen molar-refractivity contribution in [1.82, 2.24) is 0 Å². The van der Waals surface area contributed by atoms with Crippen molar-refractivity contribution in [2.45, 2.75) is 6.17 Å². The third kappa shape index (κ3) is 1.67. The summed E-state index contributed by atoms with van der Waals surface area (Å²) in [5, 5.41) is 0. The average Bonchev–Trinajstić information content (AvgIpc) is 1.60. The van der Waals surface area contributed by atoms with Crippen molar-refractivity contribution in [3.8, 4) is 0 Å². The molecule has 0 fully saturated rings. The summed E-state index contributed by atoms with van der Waals surface area (Å²) in [7, 11) is -3.59. The third-order valence-electron chi connectivity index (χ3n) is 0.853. The highest BCUT2D eigenvalue weighted by Crippen LogP contribution is 2.08. The van der Waals surface area contributed by atoms with Gasteiger partial charge in [0, 0.05) is 0 Å². The van der Waals surface area contributed by atoms with Gasteiger partial charge in [-0.2, -0.15) is 8.42 Å². The largest absolute Gasteiger partial charge is 0.391 e. The van der Waals surface area contributed by atoms with Crippen LogP contribution >= 0.6 is 0 Å². The average molecular weight is 152 g/mol. The van der Waals surface area contributed by atoms with Gasteiger partial charge >= 0.3 is 10.1 Å². The number of alkyl halides is 1. The molecule has 0 saturated heterocycles. The molecule has 0 aromatic heterocycles. The van der Waals surface area contributed by atoms with Crippen LogP contribution in [-0.4, -0.2) is 20.3 Å². The minimum Gasteiger partial charge on any atom is -0.391 e. The second-order valence-corrected chi connectivity index (χ2v) is 3.31. The summed E-state index contributed by atoms with van der Waals surface area (Å²) in [5.41, 5.74) is 0. The van der Waals surface area contributed by atoms with Gasteiger partial charge in [0.15, 0.2) is 0 Å². The zero-order valence-electron chi connectivity index (χ0n) is 4.45. The first-order valence-corrected chi connectivity index (χ1v) is 3.89. The molecule has 0 saturated carbocycles. The Hall–Kier alpha value is -0.580. The Kier molecular flexibility index (Phi) is 1.44. The van der Waals surface area contributed by atoms with Crippen molar-refractivity contribution in [3.63, 3.8) is 0 Å². The molecule has 0 amide bonds. The molecular weight excluding hydrogens is 147 g/mol. The van der Waals surface area contributed by atoms with Gasteiger partial charge in [-0.1, -0.05) is 0 Å². The first kappa shape index (κ1) is 6.54. The molecule has 1 unspecified atom stereocenters. The lowest BCUT2D eigenvalue weighted by Gasteiger charge is -2.08. The molecule has 0 aromatic carbocycles. The van der Waals surface area contributed by atoms with Crippen LogP contribution in [-0.2, 0) is 14.3 Å². The van der Waals surface area contributed by atoms with Gasteiger partial charge < -0.3 is 4.18 Å². The van der Waals surface area contributed by atoms with Crippen LogP contribution in [0.5, 0.6) is 0 Å². The van der Waals surface area contributed by atoms with Crippen molar-refractivity contribution in [3.05, 3.63) is 12.3 Å². The monoisotopic (exact) mass is 152 g/mol. The van der Waals surface area contributed by atoms with E-state index in [-0.39, 0.29) is 0 Å². The minimum atomic E-state index is -3.59. The van der Waals surface area contributed by atoms with Crippen LogP contribution in [0.15, 0.2) is 12.3 Å². The summed E-state index contributed by atoms with van der Waals surface area (Å²) in [4.78, 5) is 0. The first-order valence-electron chi connectivity index (χ1n) is 2.32. The Labute approximate surface area is 52.3 Å². The van der Waals surface area contributed by atoms with E-state index in [4.69, 9.17) is 0 Å². The molecule has 0 aromatic rings. The van der Waals surface area contributed by atoms with E-state index in [1.807, 2.05) is 0 Å². The Bertz CT molecular complexity index is 218. The van der Waals surface area contributed by atoms with Gasteiger partial charge in [-0.15, -0.1) is 0 Å². The van der Waals surface area contributed by atoms with Crippen molar-refractivity contribution in [2.24, 2.45) is 0 Å². The fraction of sp³-hybridized carbons (Fsp3) is 0.500. The Morgan fingerprint density at radius 3 is 2.67 bits per heavy atom. The molecule has 5 heteroatoms. The molecule has 1 atom stereocenters. The topological polar surface area (TPSA) is 43.4 Å². The van der Waals surface area contributed by atoms with E-state index in [2.05, 4.69) is 4.18 Å². The summed E-state index contributed by atoms with van der Waals surface area (Å²) >= 11 is 0. The van der Waals surface area contributed by atoms with Crippen LogP contribution in [0.3, 0.4) is 0 Å². The zero-order chi connectivity index (χ0) is 6.91. The predicted molar refractivity (Wildman–Crippen MR) is 28.9 cm³/mol. The van der Waals surface area contributed by atoms with Crippen LogP contribution in [0.25, 0.3) is 0 Å². The fourth-order valence-corrected chi connectivity index (χ4v) is 1.30. The maximum atomic E-state index is 12.1. The number of allylic oxidation sites excluding steroid dienone is 1. The van der Waals surface area contributed by atoms with Crippen LogP contribution in [0.2, 0.25) is 0 Å². The summed E-state index contributed by atoms with van der Waals surface area (Å²) in [6, 6.07) is 0. The summed E-state index contributed by atoms with van der Waals surface area (Å²) in [6.07, 6.45) is 0.494. The highest BCUT2D eigenvalue weighted by molar-refractivity contribution is 7.86. The minimum absolute atomic E-state index is 0.566. The van der Waals surface area contributed by atoms with Gasteiger partial charge in [0.05, 0.1) is 0 Å². The SMILES string of the molecule is O=S1(=O)CC(F)C=CO1. The van der Waals surface area contributed by atoms with Crippen LogP contribution < -0.4 is 0 Å².